The van der Waals surface area contributed by atoms with Gasteiger partial charge >= 0.3 is 6.09 Å². The number of methoxy groups -OCH3 is 1. The minimum absolute atomic E-state index is 0.0171. The Morgan fingerprint density at radius 2 is 2.00 bits per heavy atom. The van der Waals surface area contributed by atoms with Crippen molar-refractivity contribution in [1.82, 2.24) is 5.32 Å². The molecule has 0 radical (unpaired) electrons. The molecule has 1 rings (SSSR count). The van der Waals surface area contributed by atoms with E-state index in [2.05, 4.69) is 5.32 Å². The monoisotopic (exact) mass is 295 g/mol. The Hall–Kier alpha value is -1.91. The minimum Gasteiger partial charge on any atom is -0.497 e. The summed E-state index contributed by atoms with van der Waals surface area (Å²) < 4.78 is 4.41. The summed E-state index contributed by atoms with van der Waals surface area (Å²) in [4.78, 5) is 21.5. The number of hydrogen-bond acceptors (Lipinski definition) is 4. The van der Waals surface area contributed by atoms with Crippen LogP contribution < -0.4 is 10.1 Å². The molecule has 0 aromatic heterocycles. The lowest BCUT2D eigenvalue weighted by atomic mass is 10.1. The van der Waals surface area contributed by atoms with Gasteiger partial charge in [0.15, 0.2) is 0 Å². The van der Waals surface area contributed by atoms with E-state index in [0.29, 0.717) is 5.75 Å². The van der Waals surface area contributed by atoms with Crippen LogP contribution in [0.2, 0.25) is 0 Å². The molecular formula is C14H17NO4S. The van der Waals surface area contributed by atoms with Gasteiger partial charge in [0.1, 0.15) is 17.4 Å². The quantitative estimate of drug-likeness (QED) is 0.789. The van der Waals surface area contributed by atoms with Crippen LogP contribution in [0.25, 0.3) is 0 Å². The van der Waals surface area contributed by atoms with E-state index in [1.54, 1.807) is 26.9 Å². The Morgan fingerprint density at radius 1 is 1.40 bits per heavy atom. The van der Waals surface area contributed by atoms with Crippen molar-refractivity contribution in [2.45, 2.75) is 24.3 Å². The minimum atomic E-state index is -1.26. The summed E-state index contributed by atoms with van der Waals surface area (Å²) in [6.07, 6.45) is -1.26. The zero-order chi connectivity index (χ0) is 15.2. The average molecular weight is 295 g/mol. The van der Waals surface area contributed by atoms with Gasteiger partial charge in [-0.15, -0.1) is 11.8 Å². The largest absolute Gasteiger partial charge is 0.497 e. The molecule has 1 amide bonds. The maximum atomic E-state index is 10.9. The molecule has 0 heterocycles. The number of benzene rings is 1. The first kappa shape index (κ1) is 16.1. The fraction of sp³-hybridized carbons (Fsp3) is 0.357. The molecular weight excluding hydrogens is 278 g/mol. The van der Waals surface area contributed by atoms with Gasteiger partial charge in [0.25, 0.3) is 0 Å². The van der Waals surface area contributed by atoms with Crippen molar-refractivity contribution < 1.29 is 19.4 Å². The summed E-state index contributed by atoms with van der Waals surface area (Å²) >= 11 is 1.45. The van der Waals surface area contributed by atoms with Crippen molar-refractivity contribution in [1.29, 1.82) is 0 Å². The van der Waals surface area contributed by atoms with Crippen LogP contribution in [0.15, 0.2) is 30.0 Å². The summed E-state index contributed by atoms with van der Waals surface area (Å²) in [5.74, 6) is 3.08. The van der Waals surface area contributed by atoms with Crippen molar-refractivity contribution in [3.8, 4) is 5.75 Å². The van der Waals surface area contributed by atoms with E-state index in [-0.39, 0.29) is 5.70 Å². The SMILES string of the molecule is COc1ccc(CSC(C)(C)C(=C=O)NC(=O)O)cc1. The van der Waals surface area contributed by atoms with Crippen LogP contribution in [-0.4, -0.2) is 29.0 Å². The van der Waals surface area contributed by atoms with Crippen LogP contribution in [0.5, 0.6) is 5.75 Å². The molecule has 0 bridgehead atoms. The fourth-order valence-corrected chi connectivity index (χ4v) is 2.42. The molecule has 108 valence electrons. The lowest BCUT2D eigenvalue weighted by Crippen LogP contribution is -2.33. The van der Waals surface area contributed by atoms with Crippen molar-refractivity contribution in [3.05, 3.63) is 35.5 Å². The highest BCUT2D eigenvalue weighted by Crippen LogP contribution is 2.32. The molecule has 0 fully saturated rings. The van der Waals surface area contributed by atoms with Crippen molar-refractivity contribution >= 4 is 23.8 Å². The average Bonchev–Trinajstić information content (AvgIpc) is 2.42. The Bertz CT molecular complexity index is 518. The van der Waals surface area contributed by atoms with Gasteiger partial charge in [0.2, 0.25) is 0 Å². The summed E-state index contributed by atoms with van der Waals surface area (Å²) in [7, 11) is 1.60. The van der Waals surface area contributed by atoms with Gasteiger partial charge in [-0.1, -0.05) is 12.1 Å². The highest BCUT2D eigenvalue weighted by Gasteiger charge is 2.27. The number of carbonyl (C=O) groups is 1. The van der Waals surface area contributed by atoms with Gasteiger partial charge in [-0.25, -0.2) is 9.59 Å². The second-order valence-electron chi connectivity index (χ2n) is 4.55. The van der Waals surface area contributed by atoms with Crippen LogP contribution >= 0.6 is 11.8 Å². The Labute approximate surface area is 122 Å². The van der Waals surface area contributed by atoms with E-state index in [0.717, 1.165) is 11.3 Å². The first-order valence-electron chi connectivity index (χ1n) is 5.91. The third kappa shape index (κ3) is 4.64. The molecule has 0 atom stereocenters. The van der Waals surface area contributed by atoms with Crippen molar-refractivity contribution in [3.63, 3.8) is 0 Å². The van der Waals surface area contributed by atoms with Crippen molar-refractivity contribution in [2.75, 3.05) is 7.11 Å². The van der Waals surface area contributed by atoms with E-state index in [9.17, 15) is 9.59 Å². The maximum Gasteiger partial charge on any atom is 0.409 e. The number of carbonyl (C=O) groups excluding carboxylic acids is 1. The molecule has 0 unspecified atom stereocenters. The number of rotatable bonds is 6. The van der Waals surface area contributed by atoms with Gasteiger partial charge in [0.05, 0.1) is 11.9 Å². The lowest BCUT2D eigenvalue weighted by Gasteiger charge is -2.24. The van der Waals surface area contributed by atoms with Crippen LogP contribution in [0.3, 0.4) is 0 Å². The van der Waals surface area contributed by atoms with Gasteiger partial charge in [-0.2, -0.15) is 0 Å². The molecule has 0 aliphatic heterocycles. The lowest BCUT2D eigenvalue weighted by molar-refractivity contribution is 0.197. The van der Waals surface area contributed by atoms with Crippen LogP contribution in [0, 0.1) is 0 Å². The highest BCUT2D eigenvalue weighted by molar-refractivity contribution is 8.00. The van der Waals surface area contributed by atoms with Crippen molar-refractivity contribution in [2.24, 2.45) is 0 Å². The van der Waals surface area contributed by atoms with E-state index in [1.165, 1.54) is 11.8 Å². The smallest absolute Gasteiger partial charge is 0.409 e. The van der Waals surface area contributed by atoms with Gasteiger partial charge < -0.3 is 9.84 Å². The zero-order valence-corrected chi connectivity index (χ0v) is 12.4. The zero-order valence-electron chi connectivity index (χ0n) is 11.6. The number of thioether (sulfide) groups is 1. The molecule has 5 nitrogen and oxygen atoms in total. The standard InChI is InChI=1S/C14H17NO4S/c1-14(2,12(8-16)15-13(17)18)20-9-10-4-6-11(19-3)7-5-10/h4-7,15H,9H2,1-3H3,(H,17,18). The number of ether oxygens (including phenoxy) is 1. The predicted molar refractivity (Wildman–Crippen MR) is 78.7 cm³/mol. The summed E-state index contributed by atoms with van der Waals surface area (Å²) in [5, 5.41) is 10.8. The van der Waals surface area contributed by atoms with Gasteiger partial charge in [-0.3, -0.25) is 5.32 Å². The maximum absolute atomic E-state index is 10.9. The first-order chi connectivity index (χ1) is 9.39. The van der Waals surface area contributed by atoms with E-state index in [1.807, 2.05) is 24.3 Å². The molecule has 1 aromatic rings. The van der Waals surface area contributed by atoms with Crippen LogP contribution in [-0.2, 0) is 10.5 Å². The molecule has 6 heteroatoms. The van der Waals surface area contributed by atoms with Crippen LogP contribution in [0.1, 0.15) is 19.4 Å². The Balaban J connectivity index is 2.70. The topological polar surface area (TPSA) is 75.6 Å². The normalized spacial score (nSPS) is 10.6. The molecule has 0 spiro atoms. The van der Waals surface area contributed by atoms with E-state index < -0.39 is 10.8 Å². The third-order valence-corrected chi connectivity index (χ3v) is 4.10. The highest BCUT2D eigenvalue weighted by atomic mass is 32.2. The number of carboxylic acid groups (broad SMARTS) is 1. The second kappa shape index (κ2) is 7.03. The third-order valence-electron chi connectivity index (χ3n) is 2.69. The molecule has 0 aliphatic rings. The van der Waals surface area contributed by atoms with E-state index >= 15 is 0 Å². The molecule has 0 saturated heterocycles. The number of hydrogen-bond donors (Lipinski definition) is 2. The van der Waals surface area contributed by atoms with Gasteiger partial charge in [-0.05, 0) is 31.5 Å². The predicted octanol–water partition coefficient (Wildman–Crippen LogP) is 2.69. The summed E-state index contributed by atoms with van der Waals surface area (Å²) in [6, 6.07) is 7.57. The van der Waals surface area contributed by atoms with Gasteiger partial charge in [0, 0.05) is 5.75 Å². The van der Waals surface area contributed by atoms with E-state index in [4.69, 9.17) is 9.84 Å². The molecule has 20 heavy (non-hydrogen) atoms. The molecule has 0 aliphatic carbocycles. The number of amides is 1. The summed E-state index contributed by atoms with van der Waals surface area (Å²) in [5.41, 5.74) is 1.08. The second-order valence-corrected chi connectivity index (χ2v) is 6.15. The number of nitrogens with one attached hydrogen (secondary N) is 1. The molecule has 0 saturated carbocycles. The summed E-state index contributed by atoms with van der Waals surface area (Å²) in [6.45, 7) is 3.55. The first-order valence-corrected chi connectivity index (χ1v) is 6.90. The Kier molecular flexibility index (Phi) is 5.67. The Morgan fingerprint density at radius 3 is 2.45 bits per heavy atom. The van der Waals surface area contributed by atoms with Crippen LogP contribution in [0.4, 0.5) is 4.79 Å². The molecule has 1 aromatic carbocycles. The molecule has 2 N–H and O–H groups in total. The fourth-order valence-electron chi connectivity index (χ4n) is 1.46.